The molecule has 0 bridgehead atoms. The molecule has 0 fully saturated rings. The average molecular weight is 312 g/mol. The van der Waals surface area contributed by atoms with Gasteiger partial charge in [0.25, 0.3) is 0 Å². The molecule has 0 aliphatic heterocycles. The number of halogens is 1. The van der Waals surface area contributed by atoms with Gasteiger partial charge in [-0.05, 0) is 61.9 Å². The molecular weight excluding hydrogens is 290 g/mol. The van der Waals surface area contributed by atoms with Crippen molar-refractivity contribution in [1.82, 2.24) is 5.32 Å². The first kappa shape index (κ1) is 14.0. The standard InChI is InChI=1S/C15H22BrNO/c1-10(7-11(2)18)9-17-15-6-3-12-8-13(16)4-5-14(12)15/h4-5,8,10-11,15,17-18H,3,6-7,9H2,1-2H3. The third-order valence-corrected chi connectivity index (χ3v) is 4.13. The fourth-order valence-electron chi connectivity index (χ4n) is 2.81. The smallest absolute Gasteiger partial charge is 0.0515 e. The molecule has 2 nitrogen and oxygen atoms in total. The van der Waals surface area contributed by atoms with Gasteiger partial charge in [0.2, 0.25) is 0 Å². The Bertz CT molecular complexity index is 405. The second-order valence-corrected chi connectivity index (χ2v) is 6.45. The lowest BCUT2D eigenvalue weighted by Gasteiger charge is -2.19. The Kier molecular flexibility index (Phi) is 4.82. The van der Waals surface area contributed by atoms with Gasteiger partial charge in [0, 0.05) is 10.5 Å². The highest BCUT2D eigenvalue weighted by atomic mass is 79.9. The molecule has 1 aromatic rings. The first-order valence-corrected chi connectivity index (χ1v) is 7.55. The van der Waals surface area contributed by atoms with Crippen molar-refractivity contribution in [2.45, 2.75) is 45.3 Å². The predicted molar refractivity (Wildman–Crippen MR) is 78.7 cm³/mol. The van der Waals surface area contributed by atoms with Crippen LogP contribution in [-0.2, 0) is 6.42 Å². The van der Waals surface area contributed by atoms with Gasteiger partial charge in [-0.1, -0.05) is 28.9 Å². The number of aliphatic hydroxyl groups is 1. The van der Waals surface area contributed by atoms with Crippen molar-refractivity contribution in [3.05, 3.63) is 33.8 Å². The lowest BCUT2D eigenvalue weighted by Crippen LogP contribution is -2.26. The van der Waals surface area contributed by atoms with Crippen molar-refractivity contribution >= 4 is 15.9 Å². The molecule has 1 aliphatic rings. The first-order chi connectivity index (χ1) is 8.56. The van der Waals surface area contributed by atoms with Crippen LogP contribution >= 0.6 is 15.9 Å². The van der Waals surface area contributed by atoms with Crippen LogP contribution in [-0.4, -0.2) is 17.8 Å². The third kappa shape index (κ3) is 3.56. The van der Waals surface area contributed by atoms with Crippen LogP contribution < -0.4 is 5.32 Å². The zero-order valence-corrected chi connectivity index (χ0v) is 12.7. The van der Waals surface area contributed by atoms with E-state index in [1.54, 1.807) is 0 Å². The molecule has 3 atom stereocenters. The van der Waals surface area contributed by atoms with Crippen molar-refractivity contribution in [2.24, 2.45) is 5.92 Å². The quantitative estimate of drug-likeness (QED) is 0.873. The predicted octanol–water partition coefficient (Wildman–Crippen LogP) is 3.43. The summed E-state index contributed by atoms with van der Waals surface area (Å²) in [6.45, 7) is 5.03. The molecule has 3 heteroatoms. The van der Waals surface area contributed by atoms with Crippen LogP contribution in [0.15, 0.2) is 22.7 Å². The molecule has 18 heavy (non-hydrogen) atoms. The molecule has 0 saturated carbocycles. The number of hydrogen-bond acceptors (Lipinski definition) is 2. The summed E-state index contributed by atoms with van der Waals surface area (Å²) in [5.41, 5.74) is 2.91. The van der Waals surface area contributed by atoms with E-state index in [-0.39, 0.29) is 6.10 Å². The van der Waals surface area contributed by atoms with Crippen LogP contribution in [0.25, 0.3) is 0 Å². The number of rotatable bonds is 5. The lowest BCUT2D eigenvalue weighted by atomic mass is 10.0. The fraction of sp³-hybridized carbons (Fsp3) is 0.600. The topological polar surface area (TPSA) is 32.3 Å². The minimum atomic E-state index is -0.200. The van der Waals surface area contributed by atoms with Crippen molar-refractivity contribution in [3.63, 3.8) is 0 Å². The molecule has 100 valence electrons. The van der Waals surface area contributed by atoms with Crippen LogP contribution in [0.4, 0.5) is 0 Å². The van der Waals surface area contributed by atoms with E-state index >= 15 is 0 Å². The average Bonchev–Trinajstić information content (AvgIpc) is 2.67. The second kappa shape index (κ2) is 6.18. The molecule has 2 rings (SSSR count). The van der Waals surface area contributed by atoms with E-state index in [2.05, 4.69) is 46.4 Å². The molecule has 1 aliphatic carbocycles. The Labute approximate surface area is 118 Å². The van der Waals surface area contributed by atoms with Gasteiger partial charge >= 0.3 is 0 Å². The Hall–Kier alpha value is -0.380. The van der Waals surface area contributed by atoms with E-state index in [0.717, 1.165) is 19.4 Å². The van der Waals surface area contributed by atoms with E-state index in [4.69, 9.17) is 0 Å². The van der Waals surface area contributed by atoms with Gasteiger partial charge in [-0.15, -0.1) is 0 Å². The normalized spacial score (nSPS) is 21.7. The summed E-state index contributed by atoms with van der Waals surface area (Å²) in [7, 11) is 0. The number of aliphatic hydroxyl groups excluding tert-OH is 1. The van der Waals surface area contributed by atoms with Crippen molar-refractivity contribution in [2.75, 3.05) is 6.54 Å². The summed E-state index contributed by atoms with van der Waals surface area (Å²) in [5, 5.41) is 13.0. The Morgan fingerprint density at radius 1 is 1.44 bits per heavy atom. The van der Waals surface area contributed by atoms with Crippen LogP contribution in [0.5, 0.6) is 0 Å². The maximum atomic E-state index is 9.37. The molecule has 0 radical (unpaired) electrons. The fourth-order valence-corrected chi connectivity index (χ4v) is 3.22. The largest absolute Gasteiger partial charge is 0.393 e. The van der Waals surface area contributed by atoms with Gasteiger partial charge in [-0.2, -0.15) is 0 Å². The Morgan fingerprint density at radius 2 is 2.22 bits per heavy atom. The number of aryl methyl sites for hydroxylation is 1. The summed E-state index contributed by atoms with van der Waals surface area (Å²) in [5.74, 6) is 0.518. The minimum Gasteiger partial charge on any atom is -0.393 e. The Balaban J connectivity index is 1.90. The zero-order valence-electron chi connectivity index (χ0n) is 11.1. The van der Waals surface area contributed by atoms with Crippen LogP contribution in [0.2, 0.25) is 0 Å². The van der Waals surface area contributed by atoms with Crippen LogP contribution in [0.1, 0.15) is 43.9 Å². The third-order valence-electron chi connectivity index (χ3n) is 3.64. The lowest BCUT2D eigenvalue weighted by molar-refractivity contribution is 0.162. The van der Waals surface area contributed by atoms with E-state index in [1.165, 1.54) is 22.0 Å². The number of benzene rings is 1. The summed E-state index contributed by atoms with van der Waals surface area (Å²) in [6, 6.07) is 7.07. The molecule has 0 spiro atoms. The molecule has 0 aromatic heterocycles. The van der Waals surface area contributed by atoms with Crippen molar-refractivity contribution in [3.8, 4) is 0 Å². The summed E-state index contributed by atoms with van der Waals surface area (Å²) < 4.78 is 1.17. The SMILES string of the molecule is CC(O)CC(C)CNC1CCc2cc(Br)ccc21. The Morgan fingerprint density at radius 3 is 2.94 bits per heavy atom. The molecule has 2 N–H and O–H groups in total. The summed E-state index contributed by atoms with van der Waals surface area (Å²) in [6.07, 6.45) is 3.02. The summed E-state index contributed by atoms with van der Waals surface area (Å²) in [4.78, 5) is 0. The van der Waals surface area contributed by atoms with Crippen LogP contribution in [0, 0.1) is 5.92 Å². The summed E-state index contributed by atoms with van der Waals surface area (Å²) >= 11 is 3.53. The minimum absolute atomic E-state index is 0.200. The van der Waals surface area contributed by atoms with Gasteiger partial charge in [0.05, 0.1) is 6.10 Å². The first-order valence-electron chi connectivity index (χ1n) is 6.76. The maximum Gasteiger partial charge on any atom is 0.0515 e. The van der Waals surface area contributed by atoms with E-state index in [0.29, 0.717) is 12.0 Å². The van der Waals surface area contributed by atoms with Gasteiger partial charge in [0.15, 0.2) is 0 Å². The maximum absolute atomic E-state index is 9.37. The molecular formula is C15H22BrNO. The molecule has 1 aromatic carbocycles. The number of hydrogen-bond donors (Lipinski definition) is 2. The molecule has 0 heterocycles. The zero-order chi connectivity index (χ0) is 13.1. The van der Waals surface area contributed by atoms with Gasteiger partial charge in [-0.3, -0.25) is 0 Å². The van der Waals surface area contributed by atoms with Gasteiger partial charge in [-0.25, -0.2) is 0 Å². The molecule has 3 unspecified atom stereocenters. The highest BCUT2D eigenvalue weighted by Gasteiger charge is 2.22. The number of nitrogens with one attached hydrogen (secondary N) is 1. The highest BCUT2D eigenvalue weighted by Crippen LogP contribution is 2.33. The van der Waals surface area contributed by atoms with Gasteiger partial charge in [0.1, 0.15) is 0 Å². The van der Waals surface area contributed by atoms with Gasteiger partial charge < -0.3 is 10.4 Å². The molecule has 0 amide bonds. The highest BCUT2D eigenvalue weighted by molar-refractivity contribution is 9.10. The van der Waals surface area contributed by atoms with E-state index < -0.39 is 0 Å². The van der Waals surface area contributed by atoms with Crippen molar-refractivity contribution in [1.29, 1.82) is 0 Å². The van der Waals surface area contributed by atoms with E-state index in [1.807, 2.05) is 6.92 Å². The second-order valence-electron chi connectivity index (χ2n) is 5.53. The van der Waals surface area contributed by atoms with Crippen molar-refractivity contribution < 1.29 is 5.11 Å². The molecule has 0 saturated heterocycles. The number of fused-ring (bicyclic) bond motifs is 1. The monoisotopic (exact) mass is 311 g/mol. The van der Waals surface area contributed by atoms with Crippen LogP contribution in [0.3, 0.4) is 0 Å². The van der Waals surface area contributed by atoms with E-state index in [9.17, 15) is 5.11 Å².